The fourth-order valence-corrected chi connectivity index (χ4v) is 1.94. The lowest BCUT2D eigenvalue weighted by atomic mass is 10.2. The van der Waals surface area contributed by atoms with Gasteiger partial charge in [0, 0.05) is 5.57 Å². The maximum atomic E-state index is 10.2. The number of allylic oxidation sites excluding steroid dienone is 4. The van der Waals surface area contributed by atoms with Crippen molar-refractivity contribution in [1.82, 2.24) is 0 Å². The molecule has 0 aromatic heterocycles. The number of methoxy groups -OCH3 is 1. The van der Waals surface area contributed by atoms with Crippen LogP contribution in [0.15, 0.2) is 174 Å². The van der Waals surface area contributed by atoms with Crippen LogP contribution in [0.3, 0.4) is 0 Å². The van der Waals surface area contributed by atoms with Crippen LogP contribution in [-0.4, -0.2) is 13.1 Å². The molecular formula is C37H44O2. The maximum Gasteiger partial charge on any atom is 0.332 e. The van der Waals surface area contributed by atoms with Gasteiger partial charge < -0.3 is 4.74 Å². The van der Waals surface area contributed by atoms with Crippen LogP contribution in [0.4, 0.5) is 0 Å². The molecule has 0 radical (unpaired) electrons. The number of benzene rings is 3. The van der Waals surface area contributed by atoms with E-state index < -0.39 is 0 Å². The summed E-state index contributed by atoms with van der Waals surface area (Å²) in [4.78, 5) is 10.2. The maximum absolute atomic E-state index is 10.2. The smallest absolute Gasteiger partial charge is 0.332 e. The Balaban J connectivity index is -0.000000408. The summed E-state index contributed by atoms with van der Waals surface area (Å²) in [5.74, 6) is -0.347. The summed E-state index contributed by atoms with van der Waals surface area (Å²) < 4.78 is 4.27. The number of hydrogen-bond donors (Lipinski definition) is 0. The molecule has 0 fully saturated rings. The zero-order valence-electron chi connectivity index (χ0n) is 23.7. The molecule has 3 rings (SSSR count). The zero-order chi connectivity index (χ0) is 30.2. The average Bonchev–Trinajstić information content (AvgIpc) is 3.02. The van der Waals surface area contributed by atoms with Crippen LogP contribution in [-0.2, 0) is 9.53 Å². The van der Waals surface area contributed by atoms with Crippen LogP contribution < -0.4 is 0 Å². The molecule has 0 saturated heterocycles. The van der Waals surface area contributed by atoms with E-state index in [0.717, 1.165) is 0 Å². The third-order valence-electron chi connectivity index (χ3n) is 3.97. The summed E-state index contributed by atoms with van der Waals surface area (Å²) in [5.41, 5.74) is 3.95. The highest BCUT2D eigenvalue weighted by Crippen LogP contribution is 1.98. The summed E-state index contributed by atoms with van der Waals surface area (Å²) in [6.07, 6.45) is 12.1. The molecule has 0 aliphatic rings. The summed E-state index contributed by atoms with van der Waals surface area (Å²) >= 11 is 0. The van der Waals surface area contributed by atoms with Gasteiger partial charge in [0.25, 0.3) is 0 Å². The van der Waals surface area contributed by atoms with Gasteiger partial charge >= 0.3 is 5.97 Å². The normalized spacial score (nSPS) is 7.64. The van der Waals surface area contributed by atoms with Gasteiger partial charge in [-0.1, -0.05) is 186 Å². The molecule has 0 unspecified atom stereocenters. The molecule has 0 heterocycles. The second-order valence-corrected chi connectivity index (χ2v) is 7.06. The Morgan fingerprint density at radius 3 is 0.846 bits per heavy atom. The lowest BCUT2D eigenvalue weighted by molar-refractivity contribution is -0.136. The van der Waals surface area contributed by atoms with Gasteiger partial charge in [-0.3, -0.25) is 0 Å². The van der Waals surface area contributed by atoms with Gasteiger partial charge in [0.05, 0.1) is 7.11 Å². The predicted molar refractivity (Wildman–Crippen MR) is 177 cm³/mol. The van der Waals surface area contributed by atoms with Gasteiger partial charge in [-0.05, 0) is 23.6 Å². The fourth-order valence-electron chi connectivity index (χ4n) is 1.94. The van der Waals surface area contributed by atoms with Crippen molar-refractivity contribution in [3.8, 4) is 0 Å². The van der Waals surface area contributed by atoms with Gasteiger partial charge in [0.15, 0.2) is 0 Å². The standard InChI is InChI=1S/3C8H8.C5H8O2.2C4H6/c3*1-2-8-6-4-3-5-7-8;1-4(2)5(6)7-3;2*1-3-4-2/h3*2-7H,1H2;1H2,2-3H3;2*3-4H,1-2H2. The Hall–Kier alpha value is -4.95. The van der Waals surface area contributed by atoms with Crippen molar-refractivity contribution in [2.45, 2.75) is 6.92 Å². The first-order chi connectivity index (χ1) is 18.8. The lowest BCUT2D eigenvalue weighted by Crippen LogP contribution is -1.98. The van der Waals surface area contributed by atoms with Crippen LogP contribution >= 0.6 is 0 Å². The number of esters is 1. The van der Waals surface area contributed by atoms with Crippen LogP contribution in [0, 0.1) is 0 Å². The number of hydrogen-bond acceptors (Lipinski definition) is 2. The average molecular weight is 521 g/mol. The largest absolute Gasteiger partial charge is 0.466 e. The molecule has 2 nitrogen and oxygen atoms in total. The minimum absolute atomic E-state index is 0.347. The fraction of sp³-hybridized carbons (Fsp3) is 0.0541. The molecule has 3 aromatic rings. The molecule has 0 aliphatic carbocycles. The predicted octanol–water partition coefficient (Wildman–Crippen LogP) is 10.4. The van der Waals surface area contributed by atoms with Crippen molar-refractivity contribution < 1.29 is 9.53 Å². The van der Waals surface area contributed by atoms with E-state index in [-0.39, 0.29) is 5.97 Å². The quantitative estimate of drug-likeness (QED) is 0.183. The molecule has 0 aliphatic heterocycles. The molecule has 204 valence electrons. The molecule has 0 atom stereocenters. The second kappa shape index (κ2) is 31.1. The number of carbonyl (C=O) groups is 1. The second-order valence-electron chi connectivity index (χ2n) is 7.06. The Bertz CT molecular complexity index is 949. The first kappa shape index (κ1) is 38.6. The highest BCUT2D eigenvalue weighted by molar-refractivity contribution is 5.86. The summed E-state index contributed by atoms with van der Waals surface area (Å²) in [6, 6.07) is 30.1. The molecule has 39 heavy (non-hydrogen) atoms. The van der Waals surface area contributed by atoms with Crippen LogP contribution in [0.2, 0.25) is 0 Å². The highest BCUT2D eigenvalue weighted by Gasteiger charge is 1.95. The highest BCUT2D eigenvalue weighted by atomic mass is 16.5. The van der Waals surface area contributed by atoms with Crippen LogP contribution in [0.25, 0.3) is 18.2 Å². The third-order valence-corrected chi connectivity index (χ3v) is 3.97. The van der Waals surface area contributed by atoms with E-state index in [1.54, 1.807) is 31.2 Å². The van der Waals surface area contributed by atoms with E-state index in [0.29, 0.717) is 5.57 Å². The minimum Gasteiger partial charge on any atom is -0.466 e. The van der Waals surface area contributed by atoms with E-state index in [9.17, 15) is 4.79 Å². The van der Waals surface area contributed by atoms with Gasteiger partial charge in [0.2, 0.25) is 0 Å². The van der Waals surface area contributed by atoms with Crippen LogP contribution in [0.1, 0.15) is 23.6 Å². The van der Waals surface area contributed by atoms with Crippen molar-refractivity contribution in [3.63, 3.8) is 0 Å². The molecule has 0 N–H and O–H groups in total. The SMILES string of the molecule is C=C(C)C(=O)OC.C=CC=C.C=CC=C.C=Cc1ccccc1.C=Cc1ccccc1.C=Cc1ccccc1. The summed E-state index contributed by atoms with van der Waals surface area (Å²) in [6.45, 7) is 29.3. The van der Waals surface area contributed by atoms with Crippen molar-refractivity contribution in [1.29, 1.82) is 0 Å². The van der Waals surface area contributed by atoms with Crippen molar-refractivity contribution in [3.05, 3.63) is 190 Å². The number of carbonyl (C=O) groups excluding carboxylic acids is 1. The number of ether oxygens (including phenoxy) is 1. The lowest BCUT2D eigenvalue weighted by Gasteiger charge is -1.91. The Labute approximate surface area is 237 Å². The van der Waals surface area contributed by atoms with E-state index >= 15 is 0 Å². The van der Waals surface area contributed by atoms with Gasteiger partial charge in [-0.15, -0.1) is 0 Å². The van der Waals surface area contributed by atoms with Crippen LogP contribution in [0.5, 0.6) is 0 Å². The van der Waals surface area contributed by atoms with E-state index in [2.05, 4.69) is 57.4 Å². The Morgan fingerprint density at radius 1 is 0.538 bits per heavy atom. The topological polar surface area (TPSA) is 26.3 Å². The summed E-state index contributed by atoms with van der Waals surface area (Å²) in [5, 5.41) is 0. The molecule has 0 spiro atoms. The van der Waals surface area contributed by atoms with Gasteiger partial charge in [-0.2, -0.15) is 0 Å². The zero-order valence-corrected chi connectivity index (χ0v) is 23.7. The molecule has 0 saturated carbocycles. The number of rotatable bonds is 6. The molecule has 3 aromatic carbocycles. The molecule has 0 amide bonds. The first-order valence-corrected chi connectivity index (χ1v) is 12.0. The minimum atomic E-state index is -0.347. The molecule has 2 heteroatoms. The van der Waals surface area contributed by atoms with E-state index in [1.807, 2.05) is 109 Å². The van der Waals surface area contributed by atoms with Crippen molar-refractivity contribution in [2.75, 3.05) is 7.11 Å². The van der Waals surface area contributed by atoms with E-state index in [1.165, 1.54) is 23.8 Å². The van der Waals surface area contributed by atoms with Crippen molar-refractivity contribution >= 4 is 24.2 Å². The first-order valence-electron chi connectivity index (χ1n) is 12.0. The van der Waals surface area contributed by atoms with Gasteiger partial charge in [0.1, 0.15) is 0 Å². The molecule has 0 bridgehead atoms. The van der Waals surface area contributed by atoms with Gasteiger partial charge in [-0.25, -0.2) is 4.79 Å². The monoisotopic (exact) mass is 520 g/mol. The molecular weight excluding hydrogens is 476 g/mol. The Morgan fingerprint density at radius 2 is 0.769 bits per heavy atom. The van der Waals surface area contributed by atoms with E-state index in [4.69, 9.17) is 0 Å². The third kappa shape index (κ3) is 29.2. The van der Waals surface area contributed by atoms with Crippen molar-refractivity contribution in [2.24, 2.45) is 0 Å². The summed E-state index contributed by atoms with van der Waals surface area (Å²) in [7, 11) is 1.33. The Kier molecular flexibility index (Phi) is 30.7.